The second-order valence-electron chi connectivity index (χ2n) is 7.71. The number of nitrogens with zero attached hydrogens (tertiary/aromatic N) is 1. The summed E-state index contributed by atoms with van der Waals surface area (Å²) in [5, 5.41) is 0. The Balaban J connectivity index is 2.23. The van der Waals surface area contributed by atoms with Crippen LogP contribution in [0.2, 0.25) is 0 Å². The number of allylic oxidation sites excluding steroid dienone is 8. The predicted molar refractivity (Wildman–Crippen MR) is 102 cm³/mol. The molecule has 2 aliphatic rings. The van der Waals surface area contributed by atoms with Crippen molar-refractivity contribution in [3.63, 3.8) is 0 Å². The Morgan fingerprint density at radius 1 is 1.35 bits per heavy atom. The molecule has 0 aromatic heterocycles. The van der Waals surface area contributed by atoms with Crippen LogP contribution in [-0.4, -0.2) is 10.9 Å². The number of hydrogen-bond donors (Lipinski definition) is 0. The second kappa shape index (κ2) is 7.86. The molecule has 0 fully saturated rings. The summed E-state index contributed by atoms with van der Waals surface area (Å²) in [5.74, 6) is 0.625. The zero-order valence-corrected chi connectivity index (χ0v) is 15.5. The van der Waals surface area contributed by atoms with Crippen molar-refractivity contribution in [1.29, 1.82) is 0 Å². The lowest BCUT2D eigenvalue weighted by Crippen LogP contribution is -2.33. The van der Waals surface area contributed by atoms with Gasteiger partial charge in [-0.2, -0.15) is 0 Å². The maximum Gasteiger partial charge on any atom is 0.0367 e. The monoisotopic (exact) mass is 311 g/mol. The molecule has 0 saturated heterocycles. The van der Waals surface area contributed by atoms with Crippen molar-refractivity contribution in [2.45, 2.75) is 66.3 Å². The molecule has 0 heterocycles. The van der Waals surface area contributed by atoms with Gasteiger partial charge in [0.2, 0.25) is 0 Å². The van der Waals surface area contributed by atoms with Crippen LogP contribution in [0.25, 0.3) is 0 Å². The summed E-state index contributed by atoms with van der Waals surface area (Å²) in [6, 6.07) is 0.486. The van der Waals surface area contributed by atoms with Crippen LogP contribution in [0.4, 0.5) is 0 Å². The van der Waals surface area contributed by atoms with Gasteiger partial charge in [-0.1, -0.05) is 64.2 Å². The van der Waals surface area contributed by atoms with Crippen LogP contribution >= 0.6 is 0 Å². The van der Waals surface area contributed by atoms with Gasteiger partial charge in [0.25, 0.3) is 0 Å². The fourth-order valence-corrected chi connectivity index (χ4v) is 3.26. The molecule has 0 bridgehead atoms. The van der Waals surface area contributed by atoms with E-state index in [0.29, 0.717) is 12.0 Å². The van der Waals surface area contributed by atoms with Crippen molar-refractivity contribution in [3.05, 3.63) is 60.0 Å². The average molecular weight is 312 g/mol. The summed E-state index contributed by atoms with van der Waals surface area (Å²) in [4.78, 5) is 2.56. The van der Waals surface area contributed by atoms with Crippen molar-refractivity contribution in [1.82, 2.24) is 4.90 Å². The normalized spacial score (nSPS) is 24.5. The molecule has 2 aliphatic carbocycles. The third-order valence-electron chi connectivity index (χ3n) is 4.71. The molecular weight excluding hydrogens is 278 g/mol. The molecule has 1 heteroatoms. The summed E-state index contributed by atoms with van der Waals surface area (Å²) in [5.41, 5.74) is 3.11. The quantitative estimate of drug-likeness (QED) is 0.514. The van der Waals surface area contributed by atoms with Gasteiger partial charge in [-0.05, 0) is 56.1 Å². The van der Waals surface area contributed by atoms with Crippen LogP contribution in [0.5, 0.6) is 0 Å². The van der Waals surface area contributed by atoms with Crippen molar-refractivity contribution >= 4 is 0 Å². The van der Waals surface area contributed by atoms with Crippen molar-refractivity contribution in [2.75, 3.05) is 0 Å². The van der Waals surface area contributed by atoms with E-state index in [1.807, 2.05) is 0 Å². The van der Waals surface area contributed by atoms with Gasteiger partial charge in [0.05, 0.1) is 0 Å². The van der Waals surface area contributed by atoms with Crippen LogP contribution < -0.4 is 0 Å². The third-order valence-corrected chi connectivity index (χ3v) is 4.71. The van der Waals surface area contributed by atoms with Gasteiger partial charge in [0, 0.05) is 17.4 Å². The molecule has 0 aromatic rings. The Bertz CT molecular complexity index is 542. The van der Waals surface area contributed by atoms with Gasteiger partial charge in [0.15, 0.2) is 0 Å². The highest BCUT2D eigenvalue weighted by atomic mass is 15.2. The van der Waals surface area contributed by atoms with E-state index in [1.165, 1.54) is 11.4 Å². The van der Waals surface area contributed by atoms with Gasteiger partial charge >= 0.3 is 0 Å². The van der Waals surface area contributed by atoms with Crippen molar-refractivity contribution in [3.8, 4) is 0 Å². The molecule has 0 N–H and O–H groups in total. The van der Waals surface area contributed by atoms with Crippen molar-refractivity contribution in [2.24, 2.45) is 11.3 Å². The Kier molecular flexibility index (Phi) is 6.10. The molecule has 0 saturated carbocycles. The summed E-state index contributed by atoms with van der Waals surface area (Å²) < 4.78 is 0. The van der Waals surface area contributed by atoms with Gasteiger partial charge in [0.1, 0.15) is 0 Å². The minimum Gasteiger partial charge on any atom is -0.342 e. The molecule has 1 nitrogen and oxygen atoms in total. The SMILES string of the molecule is CC/C=C\CC(C)N(C1=CCC(C)(C)C=C1)C1=CC=C[C@H](C)C1. The lowest BCUT2D eigenvalue weighted by molar-refractivity contribution is 0.316. The van der Waals surface area contributed by atoms with Gasteiger partial charge in [-0.25, -0.2) is 0 Å². The molecule has 0 radical (unpaired) electrons. The van der Waals surface area contributed by atoms with Crippen LogP contribution in [-0.2, 0) is 0 Å². The molecule has 2 atom stereocenters. The maximum atomic E-state index is 2.56. The van der Waals surface area contributed by atoms with E-state index in [1.54, 1.807) is 0 Å². The minimum atomic E-state index is 0.286. The average Bonchev–Trinajstić information content (AvgIpc) is 2.50. The second-order valence-corrected chi connectivity index (χ2v) is 7.71. The lowest BCUT2D eigenvalue weighted by atomic mass is 9.85. The first-order chi connectivity index (χ1) is 10.9. The summed E-state index contributed by atoms with van der Waals surface area (Å²) in [6.45, 7) is 11.5. The first-order valence-corrected chi connectivity index (χ1v) is 9.14. The Hall–Kier alpha value is -1.50. The largest absolute Gasteiger partial charge is 0.342 e. The van der Waals surface area contributed by atoms with Crippen LogP contribution in [0, 0.1) is 11.3 Å². The molecule has 1 unspecified atom stereocenters. The van der Waals surface area contributed by atoms with Gasteiger partial charge in [-0.15, -0.1) is 0 Å². The standard InChI is InChI=1S/C22H33N/c1-6-7-8-11-19(3)23(21-12-9-10-18(2)17-21)20-13-15-22(4,5)16-14-20/h7-10,12-15,18-19H,6,11,16-17H2,1-5H3/b8-7-/t18-,19?/m0/s1. The van der Waals surface area contributed by atoms with Crippen molar-refractivity contribution < 1.29 is 0 Å². The fourth-order valence-electron chi connectivity index (χ4n) is 3.26. The Morgan fingerprint density at radius 3 is 2.74 bits per heavy atom. The smallest absolute Gasteiger partial charge is 0.0367 e. The molecule has 0 amide bonds. The summed E-state index contributed by atoms with van der Waals surface area (Å²) in [7, 11) is 0. The first-order valence-electron chi connectivity index (χ1n) is 9.14. The van der Waals surface area contributed by atoms with E-state index >= 15 is 0 Å². The highest BCUT2D eigenvalue weighted by Gasteiger charge is 2.24. The summed E-state index contributed by atoms with van der Waals surface area (Å²) >= 11 is 0. The summed E-state index contributed by atoms with van der Waals surface area (Å²) in [6.07, 6.45) is 23.0. The van der Waals surface area contributed by atoms with E-state index in [2.05, 4.69) is 88.1 Å². The molecule has 126 valence electrons. The van der Waals surface area contributed by atoms with Crippen LogP contribution in [0.3, 0.4) is 0 Å². The van der Waals surface area contributed by atoms with Gasteiger partial charge in [-0.3, -0.25) is 0 Å². The first kappa shape index (κ1) is 17.8. The van der Waals surface area contributed by atoms with Crippen LogP contribution in [0.15, 0.2) is 60.0 Å². The molecular formula is C22H33N. The molecule has 2 rings (SSSR count). The number of hydrogen-bond acceptors (Lipinski definition) is 1. The zero-order chi connectivity index (χ0) is 16.9. The third kappa shape index (κ3) is 4.99. The number of rotatable bonds is 6. The topological polar surface area (TPSA) is 3.24 Å². The maximum absolute atomic E-state index is 2.56. The van der Waals surface area contributed by atoms with E-state index < -0.39 is 0 Å². The molecule has 0 aromatic carbocycles. The molecule has 0 spiro atoms. The van der Waals surface area contributed by atoms with E-state index in [-0.39, 0.29) is 5.41 Å². The van der Waals surface area contributed by atoms with Crippen LogP contribution in [0.1, 0.15) is 60.3 Å². The predicted octanol–water partition coefficient (Wildman–Crippen LogP) is 6.38. The Morgan fingerprint density at radius 2 is 2.13 bits per heavy atom. The zero-order valence-electron chi connectivity index (χ0n) is 15.5. The van der Waals surface area contributed by atoms with E-state index in [0.717, 1.165) is 25.7 Å². The van der Waals surface area contributed by atoms with Gasteiger partial charge < -0.3 is 4.90 Å². The van der Waals surface area contributed by atoms with E-state index in [4.69, 9.17) is 0 Å². The lowest BCUT2D eigenvalue weighted by Gasteiger charge is -2.38. The molecule has 0 aliphatic heterocycles. The fraction of sp³-hybridized carbons (Fsp3) is 0.545. The highest BCUT2D eigenvalue weighted by molar-refractivity contribution is 5.32. The Labute approximate surface area is 143 Å². The molecule has 23 heavy (non-hydrogen) atoms. The highest BCUT2D eigenvalue weighted by Crippen LogP contribution is 2.34. The van der Waals surface area contributed by atoms with E-state index in [9.17, 15) is 0 Å². The minimum absolute atomic E-state index is 0.286.